The molecule has 2 heterocycles. The van der Waals surface area contributed by atoms with Crippen molar-refractivity contribution >= 4 is 43.6 Å². The average Bonchev–Trinajstić information content (AvgIpc) is 3.87. The minimum absolute atomic E-state index is 1.15. The van der Waals surface area contributed by atoms with E-state index in [0.717, 1.165) is 11.4 Å². The molecule has 0 fully saturated rings. The number of para-hydroxylation sites is 2. The van der Waals surface area contributed by atoms with Crippen LogP contribution in [0.1, 0.15) is 0 Å². The summed E-state index contributed by atoms with van der Waals surface area (Å²) in [5.74, 6) is 0. The maximum Gasteiger partial charge on any atom is 0.0547 e. The fourth-order valence-corrected chi connectivity index (χ4v) is 9.64. The summed E-state index contributed by atoms with van der Waals surface area (Å²) in [6.07, 6.45) is 0. The van der Waals surface area contributed by atoms with E-state index in [1.165, 1.54) is 99.2 Å². The third kappa shape index (κ3) is 5.96. The molecule has 2 heteroatoms. The van der Waals surface area contributed by atoms with E-state index in [2.05, 4.69) is 252 Å². The Balaban J connectivity index is 1.04. The van der Waals surface area contributed by atoms with Crippen molar-refractivity contribution in [3.8, 4) is 67.0 Å². The molecule has 10 aromatic carbocycles. The van der Waals surface area contributed by atoms with E-state index in [-0.39, 0.29) is 0 Å². The summed E-state index contributed by atoms with van der Waals surface area (Å²) in [4.78, 5) is 0. The summed E-state index contributed by atoms with van der Waals surface area (Å²) >= 11 is 0. The molecule has 2 aromatic heterocycles. The van der Waals surface area contributed by atoms with Crippen molar-refractivity contribution in [1.82, 2.24) is 9.13 Å². The predicted molar refractivity (Wildman–Crippen MR) is 262 cm³/mol. The van der Waals surface area contributed by atoms with Crippen LogP contribution in [0, 0.1) is 0 Å². The van der Waals surface area contributed by atoms with Crippen LogP contribution >= 0.6 is 0 Å². The van der Waals surface area contributed by atoms with Gasteiger partial charge in [0.15, 0.2) is 0 Å². The zero-order valence-corrected chi connectivity index (χ0v) is 34.0. The van der Waals surface area contributed by atoms with Gasteiger partial charge in [0.2, 0.25) is 0 Å². The highest BCUT2D eigenvalue weighted by Crippen LogP contribution is 2.43. The zero-order valence-electron chi connectivity index (χ0n) is 34.0. The summed E-state index contributed by atoms with van der Waals surface area (Å²) in [5, 5.41) is 4.97. The van der Waals surface area contributed by atoms with E-state index in [1.807, 2.05) is 0 Å². The van der Waals surface area contributed by atoms with Crippen molar-refractivity contribution in [3.05, 3.63) is 243 Å². The lowest BCUT2D eigenvalue weighted by Crippen LogP contribution is -1.98. The van der Waals surface area contributed by atoms with E-state index in [9.17, 15) is 0 Å². The first-order valence-electron chi connectivity index (χ1n) is 21.3. The van der Waals surface area contributed by atoms with Crippen LogP contribution in [0.25, 0.3) is 111 Å². The molecule has 0 bridgehead atoms. The van der Waals surface area contributed by atoms with Crippen LogP contribution in [-0.2, 0) is 0 Å². The van der Waals surface area contributed by atoms with E-state index in [1.54, 1.807) is 0 Å². The number of hydrogen-bond donors (Lipinski definition) is 0. The SMILES string of the molecule is c1ccc(-c2cccc(-c3ccc(-n4c5ccccc5c5cc(-c6ccc7c(c6)c6c(-c8ccccc8)cccc6n7-c6ccccc6)ccc54)c(-c4ccccc4)c3)c2)cc1. The highest BCUT2D eigenvalue weighted by atomic mass is 15.0. The van der Waals surface area contributed by atoms with Crippen LogP contribution in [-0.4, -0.2) is 9.13 Å². The fourth-order valence-electron chi connectivity index (χ4n) is 9.64. The van der Waals surface area contributed by atoms with Crippen LogP contribution < -0.4 is 0 Å². The van der Waals surface area contributed by atoms with Crippen LogP contribution in [0.4, 0.5) is 0 Å². The molecule has 0 unspecified atom stereocenters. The number of aromatic nitrogens is 2. The Morgan fingerprint density at radius 3 is 1.40 bits per heavy atom. The lowest BCUT2D eigenvalue weighted by Gasteiger charge is -2.16. The summed E-state index contributed by atoms with van der Waals surface area (Å²) in [7, 11) is 0. The van der Waals surface area contributed by atoms with Crippen molar-refractivity contribution < 1.29 is 0 Å². The highest BCUT2D eigenvalue weighted by molar-refractivity contribution is 6.17. The van der Waals surface area contributed by atoms with Gasteiger partial charge in [-0.05, 0) is 117 Å². The molecule has 0 amide bonds. The lowest BCUT2D eigenvalue weighted by molar-refractivity contribution is 1.18. The number of rotatable bonds is 7. The molecule has 12 aromatic rings. The van der Waals surface area contributed by atoms with E-state index in [0.29, 0.717) is 0 Å². The summed E-state index contributed by atoms with van der Waals surface area (Å²) in [5.41, 5.74) is 19.1. The van der Waals surface area contributed by atoms with Crippen LogP contribution in [0.2, 0.25) is 0 Å². The maximum atomic E-state index is 2.46. The van der Waals surface area contributed by atoms with Crippen LogP contribution in [0.15, 0.2) is 243 Å². The molecule has 12 rings (SSSR count). The van der Waals surface area contributed by atoms with Gasteiger partial charge in [0.25, 0.3) is 0 Å². The lowest BCUT2D eigenvalue weighted by atomic mass is 9.95. The van der Waals surface area contributed by atoms with Crippen LogP contribution in [0.5, 0.6) is 0 Å². The molecular formula is C60H40N2. The van der Waals surface area contributed by atoms with Gasteiger partial charge in [-0.25, -0.2) is 0 Å². The molecule has 0 atom stereocenters. The number of nitrogens with zero attached hydrogens (tertiary/aromatic N) is 2. The van der Waals surface area contributed by atoms with E-state index >= 15 is 0 Å². The van der Waals surface area contributed by atoms with E-state index in [4.69, 9.17) is 0 Å². The topological polar surface area (TPSA) is 9.86 Å². The molecular weight excluding hydrogens is 749 g/mol. The first-order valence-corrected chi connectivity index (χ1v) is 21.3. The summed E-state index contributed by atoms with van der Waals surface area (Å²) in [6.45, 7) is 0. The Morgan fingerprint density at radius 2 is 0.694 bits per heavy atom. The van der Waals surface area contributed by atoms with Gasteiger partial charge in [0.1, 0.15) is 0 Å². The number of benzene rings is 10. The minimum atomic E-state index is 1.15. The van der Waals surface area contributed by atoms with Gasteiger partial charge in [-0.15, -0.1) is 0 Å². The molecule has 0 aliphatic heterocycles. The standard InChI is InChI=1S/C60H40N2/c1-5-17-41(18-6-1)44-23-15-24-45(37-44)46-31-34-56(52(38-46)43-21-9-3-10-22-43)62-55-29-14-13-27-51(55)53-39-47(32-35-57(53)62)48-33-36-58-54(40-48)60-50(42-19-7-2-8-20-42)28-16-30-59(60)61(58)49-25-11-4-12-26-49/h1-40H. The average molecular weight is 789 g/mol. The van der Waals surface area contributed by atoms with Gasteiger partial charge in [0, 0.05) is 32.8 Å². The molecule has 0 spiro atoms. The highest BCUT2D eigenvalue weighted by Gasteiger charge is 2.20. The van der Waals surface area contributed by atoms with Gasteiger partial charge in [-0.2, -0.15) is 0 Å². The predicted octanol–water partition coefficient (Wildman–Crippen LogP) is 16.2. The van der Waals surface area contributed by atoms with Crippen LogP contribution in [0.3, 0.4) is 0 Å². The van der Waals surface area contributed by atoms with Crippen molar-refractivity contribution in [2.24, 2.45) is 0 Å². The second-order valence-corrected chi connectivity index (χ2v) is 16.1. The van der Waals surface area contributed by atoms with Crippen molar-refractivity contribution in [3.63, 3.8) is 0 Å². The van der Waals surface area contributed by atoms with Gasteiger partial charge in [-0.1, -0.05) is 176 Å². The molecule has 0 radical (unpaired) electrons. The smallest absolute Gasteiger partial charge is 0.0547 e. The fraction of sp³-hybridized carbons (Fsp3) is 0. The third-order valence-electron chi connectivity index (χ3n) is 12.5. The Kier molecular flexibility index (Phi) is 8.53. The Bertz CT molecular complexity index is 3600. The molecule has 0 saturated heterocycles. The Hall–Kier alpha value is -8.20. The first-order chi connectivity index (χ1) is 30.8. The summed E-state index contributed by atoms with van der Waals surface area (Å²) < 4.78 is 4.87. The summed E-state index contributed by atoms with van der Waals surface area (Å²) in [6, 6.07) is 88.4. The first kappa shape index (κ1) is 35.7. The van der Waals surface area contributed by atoms with Gasteiger partial charge < -0.3 is 9.13 Å². The largest absolute Gasteiger partial charge is 0.309 e. The number of hydrogen-bond acceptors (Lipinski definition) is 0. The van der Waals surface area contributed by atoms with Gasteiger partial charge >= 0.3 is 0 Å². The molecule has 0 N–H and O–H groups in total. The second kappa shape index (κ2) is 14.8. The number of fused-ring (bicyclic) bond motifs is 6. The molecule has 2 nitrogen and oxygen atoms in total. The van der Waals surface area contributed by atoms with Crippen molar-refractivity contribution in [2.45, 2.75) is 0 Å². The molecule has 62 heavy (non-hydrogen) atoms. The quantitative estimate of drug-likeness (QED) is 0.152. The van der Waals surface area contributed by atoms with Gasteiger partial charge in [-0.3, -0.25) is 0 Å². The third-order valence-corrected chi connectivity index (χ3v) is 12.5. The van der Waals surface area contributed by atoms with Crippen molar-refractivity contribution in [1.29, 1.82) is 0 Å². The monoisotopic (exact) mass is 788 g/mol. The maximum absolute atomic E-state index is 2.46. The normalized spacial score (nSPS) is 11.5. The molecule has 290 valence electrons. The zero-order chi connectivity index (χ0) is 41.0. The van der Waals surface area contributed by atoms with Gasteiger partial charge in [0.05, 0.1) is 27.8 Å². The molecule has 0 saturated carbocycles. The van der Waals surface area contributed by atoms with Crippen molar-refractivity contribution in [2.75, 3.05) is 0 Å². The molecule has 0 aliphatic carbocycles. The minimum Gasteiger partial charge on any atom is -0.309 e. The molecule has 0 aliphatic rings. The second-order valence-electron chi connectivity index (χ2n) is 16.1. The Labute approximate surface area is 360 Å². The van der Waals surface area contributed by atoms with E-state index < -0.39 is 0 Å². The Morgan fingerprint density at radius 1 is 0.226 bits per heavy atom.